The molecule has 0 radical (unpaired) electrons. The zero-order valence-corrected chi connectivity index (χ0v) is 15.4. The van der Waals surface area contributed by atoms with E-state index in [4.69, 9.17) is 0 Å². The fraction of sp³-hybridized carbons (Fsp3) is 0.647. The number of nitrogens with zero attached hydrogens (tertiary/aromatic N) is 2. The summed E-state index contributed by atoms with van der Waals surface area (Å²) in [5, 5.41) is 0. The van der Waals surface area contributed by atoms with Crippen LogP contribution in [0.5, 0.6) is 0 Å². The molecule has 3 heteroatoms. The molecule has 0 spiro atoms. The highest BCUT2D eigenvalue weighted by molar-refractivity contribution is 14.1. The number of hydrogen-bond donors (Lipinski definition) is 0. The van der Waals surface area contributed by atoms with Gasteiger partial charge in [0.15, 0.2) is 0 Å². The van der Waals surface area contributed by atoms with E-state index < -0.39 is 0 Å². The van der Waals surface area contributed by atoms with Crippen LogP contribution >= 0.6 is 22.6 Å². The molecule has 112 valence electrons. The predicted molar refractivity (Wildman–Crippen MR) is 95.2 cm³/mol. The van der Waals surface area contributed by atoms with Gasteiger partial charge in [-0.25, -0.2) is 0 Å². The molecule has 1 saturated heterocycles. The van der Waals surface area contributed by atoms with Crippen molar-refractivity contribution >= 4 is 22.6 Å². The highest BCUT2D eigenvalue weighted by Crippen LogP contribution is 2.20. The average molecular weight is 386 g/mol. The van der Waals surface area contributed by atoms with Crippen molar-refractivity contribution < 1.29 is 0 Å². The molecule has 2 nitrogen and oxygen atoms in total. The predicted octanol–water partition coefficient (Wildman–Crippen LogP) is 3.68. The number of piperazine rings is 1. The van der Waals surface area contributed by atoms with Crippen molar-refractivity contribution in [3.63, 3.8) is 0 Å². The molecule has 0 aromatic heterocycles. The highest BCUT2D eigenvalue weighted by Gasteiger charge is 2.18. The number of aryl methyl sites for hydroxylation is 2. The quantitative estimate of drug-likeness (QED) is 0.729. The molecule has 0 saturated carbocycles. The Bertz CT molecular complexity index is 449. The second-order valence-electron chi connectivity index (χ2n) is 6.50. The van der Waals surface area contributed by atoms with E-state index in [1.165, 1.54) is 53.0 Å². The summed E-state index contributed by atoms with van der Waals surface area (Å²) in [5.41, 5.74) is 4.34. The summed E-state index contributed by atoms with van der Waals surface area (Å²) >= 11 is 2.43. The molecule has 0 unspecified atom stereocenters. The van der Waals surface area contributed by atoms with Gasteiger partial charge in [-0.05, 0) is 65.1 Å². The maximum absolute atomic E-state index is 2.60. The Kier molecular flexibility index (Phi) is 5.87. The molecule has 0 amide bonds. The van der Waals surface area contributed by atoms with Gasteiger partial charge >= 0.3 is 0 Å². The van der Waals surface area contributed by atoms with Crippen LogP contribution in [-0.2, 0) is 6.54 Å². The molecule has 1 aliphatic rings. The van der Waals surface area contributed by atoms with Crippen LogP contribution < -0.4 is 0 Å². The number of halogens is 1. The molecular formula is C17H27IN2. The lowest BCUT2D eigenvalue weighted by molar-refractivity contribution is 0.117. The fourth-order valence-corrected chi connectivity index (χ4v) is 3.52. The van der Waals surface area contributed by atoms with Crippen LogP contribution in [-0.4, -0.2) is 42.5 Å². The first-order chi connectivity index (χ1) is 9.45. The van der Waals surface area contributed by atoms with Crippen molar-refractivity contribution in [2.75, 3.05) is 32.7 Å². The van der Waals surface area contributed by atoms with Crippen molar-refractivity contribution in [1.82, 2.24) is 9.80 Å². The first kappa shape index (κ1) is 16.2. The van der Waals surface area contributed by atoms with Crippen LogP contribution in [0, 0.1) is 23.3 Å². The number of rotatable bonds is 4. The third kappa shape index (κ3) is 4.43. The topological polar surface area (TPSA) is 6.48 Å². The first-order valence-electron chi connectivity index (χ1n) is 7.66. The summed E-state index contributed by atoms with van der Waals surface area (Å²) in [4.78, 5) is 5.21. The van der Waals surface area contributed by atoms with Crippen molar-refractivity contribution in [2.45, 2.75) is 34.2 Å². The molecule has 0 bridgehead atoms. The van der Waals surface area contributed by atoms with Gasteiger partial charge in [-0.2, -0.15) is 0 Å². The monoisotopic (exact) mass is 386 g/mol. The zero-order valence-electron chi connectivity index (χ0n) is 13.2. The molecule has 1 fully saturated rings. The lowest BCUT2D eigenvalue weighted by Crippen LogP contribution is -2.46. The van der Waals surface area contributed by atoms with Crippen LogP contribution in [0.15, 0.2) is 12.1 Å². The van der Waals surface area contributed by atoms with Crippen LogP contribution in [0.2, 0.25) is 0 Å². The number of benzene rings is 1. The molecule has 1 aliphatic heterocycles. The summed E-state index contributed by atoms with van der Waals surface area (Å²) < 4.78 is 1.38. The van der Waals surface area contributed by atoms with Crippen LogP contribution in [0.25, 0.3) is 0 Å². The van der Waals surface area contributed by atoms with Gasteiger partial charge in [0.25, 0.3) is 0 Å². The van der Waals surface area contributed by atoms with E-state index in [0.717, 1.165) is 12.5 Å². The zero-order chi connectivity index (χ0) is 14.7. The Labute approximate surface area is 137 Å². The van der Waals surface area contributed by atoms with E-state index >= 15 is 0 Å². The van der Waals surface area contributed by atoms with Gasteiger partial charge < -0.3 is 4.90 Å². The summed E-state index contributed by atoms with van der Waals surface area (Å²) in [5.74, 6) is 0.780. The maximum Gasteiger partial charge on any atom is 0.0237 e. The standard InChI is InChI=1S/C17H27IN2/c1-13(2)11-19-5-7-20(8-6-19)12-16-9-15(4)17(18)10-14(16)3/h9-10,13H,5-8,11-12H2,1-4H3. The van der Waals surface area contributed by atoms with Crippen LogP contribution in [0.4, 0.5) is 0 Å². The molecule has 1 aromatic carbocycles. The van der Waals surface area contributed by atoms with E-state index in [9.17, 15) is 0 Å². The smallest absolute Gasteiger partial charge is 0.0237 e. The molecule has 0 atom stereocenters. The minimum Gasteiger partial charge on any atom is -0.301 e. The van der Waals surface area contributed by atoms with Gasteiger partial charge in [0.2, 0.25) is 0 Å². The Morgan fingerprint density at radius 2 is 1.60 bits per heavy atom. The van der Waals surface area contributed by atoms with Crippen LogP contribution in [0.1, 0.15) is 30.5 Å². The third-order valence-corrected chi connectivity index (χ3v) is 5.26. The van der Waals surface area contributed by atoms with Gasteiger partial charge in [0.05, 0.1) is 0 Å². The summed E-state index contributed by atoms with van der Waals surface area (Å²) in [6, 6.07) is 4.69. The minimum absolute atomic E-state index is 0.780. The Hall–Kier alpha value is -0.130. The second kappa shape index (κ2) is 7.23. The third-order valence-electron chi connectivity index (χ3n) is 4.10. The first-order valence-corrected chi connectivity index (χ1v) is 8.74. The Morgan fingerprint density at radius 1 is 1.00 bits per heavy atom. The van der Waals surface area contributed by atoms with Gasteiger partial charge in [0, 0.05) is 42.8 Å². The maximum atomic E-state index is 2.60. The van der Waals surface area contributed by atoms with E-state index in [2.05, 4.69) is 72.2 Å². The van der Waals surface area contributed by atoms with Gasteiger partial charge in [-0.15, -0.1) is 0 Å². The Morgan fingerprint density at radius 3 is 2.20 bits per heavy atom. The summed E-state index contributed by atoms with van der Waals surface area (Å²) in [6.07, 6.45) is 0. The molecule has 2 rings (SSSR count). The summed E-state index contributed by atoms with van der Waals surface area (Å²) in [6.45, 7) is 16.3. The van der Waals surface area contributed by atoms with Crippen LogP contribution in [0.3, 0.4) is 0 Å². The fourth-order valence-electron chi connectivity index (χ4n) is 2.90. The van der Waals surface area contributed by atoms with Gasteiger partial charge in [0.1, 0.15) is 0 Å². The minimum atomic E-state index is 0.780. The van der Waals surface area contributed by atoms with E-state index in [-0.39, 0.29) is 0 Å². The average Bonchev–Trinajstić information content (AvgIpc) is 2.37. The van der Waals surface area contributed by atoms with Crippen molar-refractivity contribution in [1.29, 1.82) is 0 Å². The van der Waals surface area contributed by atoms with Gasteiger partial charge in [-0.3, -0.25) is 4.90 Å². The van der Waals surface area contributed by atoms with Crippen molar-refractivity contribution in [3.8, 4) is 0 Å². The lowest BCUT2D eigenvalue weighted by atomic mass is 10.0. The highest BCUT2D eigenvalue weighted by atomic mass is 127. The molecule has 1 aromatic rings. The largest absolute Gasteiger partial charge is 0.301 e. The molecule has 20 heavy (non-hydrogen) atoms. The second-order valence-corrected chi connectivity index (χ2v) is 7.66. The Balaban J connectivity index is 1.91. The molecule has 1 heterocycles. The van der Waals surface area contributed by atoms with Gasteiger partial charge in [-0.1, -0.05) is 19.9 Å². The normalized spacial score (nSPS) is 17.9. The van der Waals surface area contributed by atoms with E-state index in [1.807, 2.05) is 0 Å². The molecule has 0 aliphatic carbocycles. The summed E-state index contributed by atoms with van der Waals surface area (Å²) in [7, 11) is 0. The van der Waals surface area contributed by atoms with Crippen molar-refractivity contribution in [2.24, 2.45) is 5.92 Å². The van der Waals surface area contributed by atoms with E-state index in [0.29, 0.717) is 0 Å². The molecule has 0 N–H and O–H groups in total. The van der Waals surface area contributed by atoms with Crippen molar-refractivity contribution in [3.05, 3.63) is 32.4 Å². The SMILES string of the molecule is Cc1cc(CN2CCN(CC(C)C)CC2)c(C)cc1I. The lowest BCUT2D eigenvalue weighted by Gasteiger charge is -2.35. The number of hydrogen-bond acceptors (Lipinski definition) is 2. The molecular weight excluding hydrogens is 359 g/mol. The van der Waals surface area contributed by atoms with E-state index in [1.54, 1.807) is 0 Å².